The van der Waals surface area contributed by atoms with E-state index in [-0.39, 0.29) is 5.91 Å². The fourth-order valence-corrected chi connectivity index (χ4v) is 1.73. The number of halogens is 1. The van der Waals surface area contributed by atoms with E-state index in [0.717, 1.165) is 5.69 Å². The Morgan fingerprint density at radius 1 is 1.21 bits per heavy atom. The van der Waals surface area contributed by atoms with Gasteiger partial charge in [-0.05, 0) is 30.3 Å². The fourth-order valence-electron chi connectivity index (χ4n) is 1.57. The first-order chi connectivity index (χ1) is 9.08. The van der Waals surface area contributed by atoms with Crippen LogP contribution < -0.4 is 10.2 Å². The Hall–Kier alpha value is -2.07. The third-order valence-corrected chi connectivity index (χ3v) is 2.99. The van der Waals surface area contributed by atoms with Gasteiger partial charge in [0.25, 0.3) is 5.91 Å². The van der Waals surface area contributed by atoms with Crippen LogP contribution in [-0.2, 0) is 0 Å². The molecule has 2 rings (SSSR count). The molecule has 0 atom stereocenters. The van der Waals surface area contributed by atoms with Crippen LogP contribution in [0.2, 0.25) is 5.02 Å². The van der Waals surface area contributed by atoms with E-state index in [0.29, 0.717) is 16.3 Å². The molecule has 5 heteroatoms. The van der Waals surface area contributed by atoms with Crippen molar-refractivity contribution in [3.05, 3.63) is 53.3 Å². The van der Waals surface area contributed by atoms with Gasteiger partial charge in [-0.1, -0.05) is 11.6 Å². The van der Waals surface area contributed by atoms with E-state index >= 15 is 0 Å². The Bertz CT molecular complexity index is 581. The molecular weight excluding hydrogens is 262 g/mol. The highest BCUT2D eigenvalue weighted by molar-refractivity contribution is 6.33. The summed E-state index contributed by atoms with van der Waals surface area (Å²) in [6.07, 6.45) is 3.10. The fraction of sp³-hybridized carbons (Fsp3) is 0.143. The maximum Gasteiger partial charge on any atom is 0.255 e. The average molecular weight is 276 g/mol. The molecule has 0 fully saturated rings. The van der Waals surface area contributed by atoms with Gasteiger partial charge in [-0.25, -0.2) is 0 Å². The summed E-state index contributed by atoms with van der Waals surface area (Å²) >= 11 is 5.96. The smallest absolute Gasteiger partial charge is 0.255 e. The van der Waals surface area contributed by atoms with Crippen molar-refractivity contribution in [1.29, 1.82) is 0 Å². The lowest BCUT2D eigenvalue weighted by Crippen LogP contribution is -2.13. The minimum atomic E-state index is -0.208. The summed E-state index contributed by atoms with van der Waals surface area (Å²) in [5.74, 6) is -0.208. The lowest BCUT2D eigenvalue weighted by molar-refractivity contribution is 0.102. The van der Waals surface area contributed by atoms with Gasteiger partial charge in [0.05, 0.1) is 16.9 Å². The number of carbonyl (C=O) groups excluding carboxylic acids is 1. The van der Waals surface area contributed by atoms with Crippen molar-refractivity contribution in [3.63, 3.8) is 0 Å². The van der Waals surface area contributed by atoms with Crippen LogP contribution in [0.5, 0.6) is 0 Å². The molecule has 0 aliphatic heterocycles. The van der Waals surface area contributed by atoms with Gasteiger partial charge in [0.1, 0.15) is 0 Å². The van der Waals surface area contributed by atoms with Gasteiger partial charge < -0.3 is 10.2 Å². The summed E-state index contributed by atoms with van der Waals surface area (Å²) in [6.45, 7) is 0. The Balaban J connectivity index is 2.14. The van der Waals surface area contributed by atoms with Gasteiger partial charge >= 0.3 is 0 Å². The topological polar surface area (TPSA) is 45.2 Å². The highest BCUT2D eigenvalue weighted by Gasteiger charge is 2.08. The highest BCUT2D eigenvalue weighted by atomic mass is 35.5. The molecule has 1 aromatic carbocycles. The first-order valence-electron chi connectivity index (χ1n) is 5.76. The minimum Gasteiger partial charge on any atom is -0.378 e. The Morgan fingerprint density at radius 2 is 1.89 bits per heavy atom. The van der Waals surface area contributed by atoms with Gasteiger partial charge in [-0.3, -0.25) is 9.78 Å². The molecule has 19 heavy (non-hydrogen) atoms. The molecule has 1 N–H and O–H groups in total. The standard InChI is InChI=1S/C14H14ClN3O/c1-18(2)11-5-3-10(4-6-11)14(19)17-13-9-16-8-7-12(13)15/h3-9H,1-2H3,(H,17,19). The van der Waals surface area contributed by atoms with Crippen LogP contribution in [0.4, 0.5) is 11.4 Å². The zero-order valence-corrected chi connectivity index (χ0v) is 11.5. The maximum absolute atomic E-state index is 12.0. The van der Waals surface area contributed by atoms with Crippen LogP contribution in [0.1, 0.15) is 10.4 Å². The number of benzene rings is 1. The molecule has 0 bridgehead atoms. The summed E-state index contributed by atoms with van der Waals surface area (Å²) in [5.41, 5.74) is 2.12. The zero-order chi connectivity index (χ0) is 13.8. The lowest BCUT2D eigenvalue weighted by Gasteiger charge is -2.12. The van der Waals surface area contributed by atoms with Crippen molar-refractivity contribution in [2.45, 2.75) is 0 Å². The molecule has 0 aliphatic rings. The Kier molecular flexibility index (Phi) is 4.02. The predicted molar refractivity (Wildman–Crippen MR) is 78.0 cm³/mol. The number of nitrogens with zero attached hydrogens (tertiary/aromatic N) is 2. The summed E-state index contributed by atoms with van der Waals surface area (Å²) in [5, 5.41) is 3.19. The van der Waals surface area contributed by atoms with E-state index in [1.54, 1.807) is 24.4 Å². The molecule has 4 nitrogen and oxygen atoms in total. The molecule has 0 unspecified atom stereocenters. The van der Waals surface area contributed by atoms with Crippen LogP contribution >= 0.6 is 11.6 Å². The molecule has 0 radical (unpaired) electrons. The van der Waals surface area contributed by atoms with Crippen molar-refractivity contribution in [3.8, 4) is 0 Å². The first kappa shape index (κ1) is 13.4. The SMILES string of the molecule is CN(C)c1ccc(C(=O)Nc2cnccc2Cl)cc1. The van der Waals surface area contributed by atoms with E-state index in [1.807, 2.05) is 31.1 Å². The summed E-state index contributed by atoms with van der Waals surface area (Å²) in [7, 11) is 3.90. The van der Waals surface area contributed by atoms with E-state index in [1.165, 1.54) is 6.20 Å². The molecule has 0 saturated heterocycles. The molecule has 2 aromatic rings. The van der Waals surface area contributed by atoms with Crippen molar-refractivity contribution in [2.75, 3.05) is 24.3 Å². The van der Waals surface area contributed by atoms with Crippen LogP contribution in [0.15, 0.2) is 42.7 Å². The quantitative estimate of drug-likeness (QED) is 0.936. The van der Waals surface area contributed by atoms with Crippen LogP contribution in [-0.4, -0.2) is 25.0 Å². The third kappa shape index (κ3) is 3.23. The van der Waals surface area contributed by atoms with Crippen molar-refractivity contribution >= 4 is 28.9 Å². The first-order valence-corrected chi connectivity index (χ1v) is 6.14. The number of aromatic nitrogens is 1. The van der Waals surface area contributed by atoms with Crippen LogP contribution in [0.25, 0.3) is 0 Å². The minimum absolute atomic E-state index is 0.208. The predicted octanol–water partition coefficient (Wildman–Crippen LogP) is 3.05. The van der Waals surface area contributed by atoms with Gasteiger partial charge in [0, 0.05) is 31.5 Å². The molecule has 0 spiro atoms. The number of nitrogens with one attached hydrogen (secondary N) is 1. The van der Waals surface area contributed by atoms with E-state index in [9.17, 15) is 4.79 Å². The van der Waals surface area contributed by atoms with Gasteiger partial charge in [-0.2, -0.15) is 0 Å². The second kappa shape index (κ2) is 5.71. The van der Waals surface area contributed by atoms with Gasteiger partial charge in [0.2, 0.25) is 0 Å². The summed E-state index contributed by atoms with van der Waals surface area (Å²) in [6, 6.07) is 8.95. The molecule has 98 valence electrons. The Morgan fingerprint density at radius 3 is 2.47 bits per heavy atom. The van der Waals surface area contributed by atoms with Crippen molar-refractivity contribution in [2.24, 2.45) is 0 Å². The zero-order valence-electron chi connectivity index (χ0n) is 10.7. The number of pyridine rings is 1. The number of carbonyl (C=O) groups is 1. The van der Waals surface area contributed by atoms with E-state index in [4.69, 9.17) is 11.6 Å². The van der Waals surface area contributed by atoms with E-state index in [2.05, 4.69) is 10.3 Å². The second-order valence-electron chi connectivity index (χ2n) is 4.25. The number of hydrogen-bond acceptors (Lipinski definition) is 3. The van der Waals surface area contributed by atoms with Crippen molar-refractivity contribution in [1.82, 2.24) is 4.98 Å². The normalized spacial score (nSPS) is 10.1. The third-order valence-electron chi connectivity index (χ3n) is 2.66. The second-order valence-corrected chi connectivity index (χ2v) is 4.66. The lowest BCUT2D eigenvalue weighted by atomic mass is 10.2. The number of hydrogen-bond donors (Lipinski definition) is 1. The van der Waals surface area contributed by atoms with Crippen molar-refractivity contribution < 1.29 is 4.79 Å². The average Bonchev–Trinajstić information content (AvgIpc) is 2.41. The number of anilines is 2. The molecule has 0 aliphatic carbocycles. The maximum atomic E-state index is 12.0. The summed E-state index contributed by atoms with van der Waals surface area (Å²) in [4.78, 5) is 17.9. The van der Waals surface area contributed by atoms with Gasteiger partial charge in [-0.15, -0.1) is 0 Å². The van der Waals surface area contributed by atoms with E-state index < -0.39 is 0 Å². The molecule has 0 saturated carbocycles. The number of amides is 1. The molecule has 1 heterocycles. The molecular formula is C14H14ClN3O. The van der Waals surface area contributed by atoms with Gasteiger partial charge in [0.15, 0.2) is 0 Å². The largest absolute Gasteiger partial charge is 0.378 e. The number of rotatable bonds is 3. The molecule has 1 aromatic heterocycles. The highest BCUT2D eigenvalue weighted by Crippen LogP contribution is 2.20. The Labute approximate surface area is 117 Å². The monoisotopic (exact) mass is 275 g/mol. The summed E-state index contributed by atoms with van der Waals surface area (Å²) < 4.78 is 0. The molecule has 1 amide bonds. The van der Waals surface area contributed by atoms with Crippen LogP contribution in [0, 0.1) is 0 Å². The van der Waals surface area contributed by atoms with Crippen LogP contribution in [0.3, 0.4) is 0 Å².